The fourth-order valence-electron chi connectivity index (χ4n) is 5.51. The van der Waals surface area contributed by atoms with Crippen molar-refractivity contribution in [3.8, 4) is 0 Å². The van der Waals surface area contributed by atoms with Crippen LogP contribution in [0.25, 0.3) is 10.4 Å². The van der Waals surface area contributed by atoms with Crippen LogP contribution < -0.4 is 10.4 Å². The molecule has 5 atom stereocenters. The maximum atomic E-state index is 11.9. The van der Waals surface area contributed by atoms with Gasteiger partial charge in [-0.15, -0.1) is 0 Å². The number of carbonyl (C=O) groups excluding carboxylic acids is 1. The Labute approximate surface area is 244 Å². The van der Waals surface area contributed by atoms with Gasteiger partial charge in [0.15, 0.2) is 6.10 Å². The van der Waals surface area contributed by atoms with Crippen molar-refractivity contribution in [2.24, 2.45) is 5.11 Å². The van der Waals surface area contributed by atoms with Crippen LogP contribution in [0.1, 0.15) is 41.0 Å². The van der Waals surface area contributed by atoms with Gasteiger partial charge in [0.25, 0.3) is 8.32 Å². The summed E-state index contributed by atoms with van der Waals surface area (Å²) in [6.07, 6.45) is -2.26. The number of benzene rings is 3. The first kappa shape index (κ1) is 29.0. The first-order chi connectivity index (χ1) is 20.2. The third kappa shape index (κ3) is 7.25. The van der Waals surface area contributed by atoms with E-state index in [-0.39, 0.29) is 18.3 Å². The average molecular weight is 576 g/mol. The van der Waals surface area contributed by atoms with Crippen LogP contribution in [0.5, 0.6) is 0 Å². The van der Waals surface area contributed by atoms with E-state index in [4.69, 9.17) is 20.0 Å². The van der Waals surface area contributed by atoms with E-state index in [0.29, 0.717) is 6.42 Å². The summed E-state index contributed by atoms with van der Waals surface area (Å²) < 4.78 is 33.2. The fraction of sp³-hybridized carbons (Fsp3) is 0.406. The molecule has 0 unspecified atom stereocenters. The molecule has 1 saturated heterocycles. The minimum atomic E-state index is -2.82. The van der Waals surface area contributed by atoms with E-state index in [9.17, 15) is 10.3 Å². The molecule has 0 aromatic heterocycles. The zero-order valence-corrected chi connectivity index (χ0v) is 25.1. The molecule has 8 nitrogen and oxygen atoms in total. The Bertz CT molecular complexity index is 1300. The van der Waals surface area contributed by atoms with E-state index in [1.807, 2.05) is 66.7 Å². The zero-order valence-electron chi connectivity index (χ0n) is 25.1. The number of hydrogen-bond acceptors (Lipinski definition) is 6. The molecule has 0 amide bonds. The van der Waals surface area contributed by atoms with Crippen molar-refractivity contribution < 1.29 is 24.8 Å². The molecule has 1 heterocycles. The van der Waals surface area contributed by atoms with Crippen molar-refractivity contribution in [1.82, 2.24) is 0 Å². The lowest BCUT2D eigenvalue weighted by Crippen LogP contribution is -2.66. The second-order valence-electron chi connectivity index (χ2n) is 11.1. The van der Waals surface area contributed by atoms with E-state index < -0.39 is 45.2 Å². The Morgan fingerprint density at radius 1 is 1.05 bits per heavy atom. The molecule has 0 saturated carbocycles. The zero-order chi connectivity index (χ0) is 30.2. The molecule has 3 aromatic carbocycles. The minimum absolute atomic E-state index is 0.220. The molecule has 3 aromatic rings. The SMILES string of the molecule is [3H][C@@H]1O[C@H]([C@H](CCO[Si](c2ccccc2)(c2ccccc2)C(C)(C)C)N=[N+]=[N-])[C@@H](OCc2ccccc2)[C@H]1OC(C)=O. The first-order valence-electron chi connectivity index (χ1n) is 14.4. The third-order valence-electron chi connectivity index (χ3n) is 7.33. The lowest BCUT2D eigenvalue weighted by Gasteiger charge is -2.43. The summed E-state index contributed by atoms with van der Waals surface area (Å²) in [4.78, 5) is 15.0. The highest BCUT2D eigenvalue weighted by molar-refractivity contribution is 6.99. The number of azide groups is 1. The van der Waals surface area contributed by atoms with Gasteiger partial charge in [0.1, 0.15) is 6.10 Å². The quantitative estimate of drug-likeness (QED) is 0.0927. The standard InChI is InChI=1S/C32H39N3O5Si/c1-24(36)40-29-23-38-30(31(29)37-22-25-14-8-5-9-15-25)28(34-35-33)20-21-39-41(32(2,3)4,26-16-10-6-11-17-26)27-18-12-7-13-19-27/h5-19,28-31H,20-23H2,1-4H3/t28-,29-,30+,31-/m0/s1/i23T/t23-,28-,29-,30+,31-. The molecule has 0 spiro atoms. The largest absolute Gasteiger partial charge is 0.457 e. The molecule has 0 aliphatic carbocycles. The van der Waals surface area contributed by atoms with Crippen molar-refractivity contribution in [3.05, 3.63) is 107 Å². The van der Waals surface area contributed by atoms with Crippen LogP contribution >= 0.6 is 0 Å². The monoisotopic (exact) mass is 575 g/mol. The summed E-state index contributed by atoms with van der Waals surface area (Å²) in [7, 11) is -2.82. The number of hydrogen-bond donors (Lipinski definition) is 0. The second kappa shape index (κ2) is 13.9. The van der Waals surface area contributed by atoms with Gasteiger partial charge in [0.2, 0.25) is 0 Å². The second-order valence-corrected chi connectivity index (χ2v) is 15.5. The number of esters is 1. The summed E-state index contributed by atoms with van der Waals surface area (Å²) in [6, 6.07) is 29.5. The molecule has 0 radical (unpaired) electrons. The van der Waals surface area contributed by atoms with Crippen LogP contribution in [0.4, 0.5) is 0 Å². The lowest BCUT2D eigenvalue weighted by molar-refractivity contribution is -0.153. The summed E-state index contributed by atoms with van der Waals surface area (Å²) in [6.45, 7) is 7.20. The van der Waals surface area contributed by atoms with Crippen LogP contribution in [0.3, 0.4) is 0 Å². The maximum absolute atomic E-state index is 11.9. The van der Waals surface area contributed by atoms with E-state index in [2.05, 4.69) is 55.1 Å². The van der Waals surface area contributed by atoms with Crippen LogP contribution in [0.15, 0.2) is 96.1 Å². The van der Waals surface area contributed by atoms with Crippen molar-refractivity contribution in [3.63, 3.8) is 0 Å². The van der Waals surface area contributed by atoms with E-state index in [0.717, 1.165) is 15.9 Å². The van der Waals surface area contributed by atoms with E-state index in [1.54, 1.807) is 0 Å². The van der Waals surface area contributed by atoms with Crippen molar-refractivity contribution in [1.29, 1.82) is 0 Å². The Morgan fingerprint density at radius 3 is 2.12 bits per heavy atom. The van der Waals surface area contributed by atoms with Crippen molar-refractivity contribution >= 4 is 24.7 Å². The molecule has 1 aliphatic heterocycles. The van der Waals surface area contributed by atoms with Crippen LogP contribution in [-0.2, 0) is 30.0 Å². The normalized spacial score (nSPS) is 21.9. The van der Waals surface area contributed by atoms with Gasteiger partial charge in [-0.3, -0.25) is 4.79 Å². The van der Waals surface area contributed by atoms with Gasteiger partial charge < -0.3 is 18.6 Å². The molecule has 0 bridgehead atoms. The predicted octanol–water partition coefficient (Wildman–Crippen LogP) is 5.55. The molecule has 0 N–H and O–H groups in total. The van der Waals surface area contributed by atoms with E-state index in [1.165, 1.54) is 6.92 Å². The van der Waals surface area contributed by atoms with Gasteiger partial charge in [0, 0.05) is 18.4 Å². The molecule has 9 heteroatoms. The fourth-order valence-corrected chi connectivity index (χ4v) is 10.1. The van der Waals surface area contributed by atoms with Gasteiger partial charge in [-0.2, -0.15) is 0 Å². The van der Waals surface area contributed by atoms with Crippen LogP contribution in [-0.4, -0.2) is 51.8 Å². The highest BCUT2D eigenvalue weighted by Gasteiger charge is 2.50. The van der Waals surface area contributed by atoms with Gasteiger partial charge in [-0.05, 0) is 32.9 Å². The molecule has 1 fully saturated rings. The Morgan fingerprint density at radius 2 is 1.61 bits per heavy atom. The van der Waals surface area contributed by atoms with Crippen LogP contribution in [0.2, 0.25) is 5.04 Å². The molecule has 216 valence electrons. The van der Waals surface area contributed by atoms with Gasteiger partial charge in [-0.1, -0.05) is 117 Å². The minimum Gasteiger partial charge on any atom is -0.457 e. The lowest BCUT2D eigenvalue weighted by atomic mass is 10.0. The van der Waals surface area contributed by atoms with Crippen molar-refractivity contribution in [2.45, 2.75) is 70.1 Å². The topological polar surface area (TPSA) is 103 Å². The summed E-state index contributed by atoms with van der Waals surface area (Å²) in [5.74, 6) is -0.537. The number of rotatable bonds is 12. The Balaban J connectivity index is 1.61. The molecule has 1 aliphatic rings. The summed E-state index contributed by atoms with van der Waals surface area (Å²) in [5, 5.41) is 6.14. The number of carbonyl (C=O) groups is 1. The Hall–Kier alpha value is -3.46. The summed E-state index contributed by atoms with van der Waals surface area (Å²) >= 11 is 0. The molecular weight excluding hydrogens is 534 g/mol. The molecule has 4 rings (SSSR count). The van der Waals surface area contributed by atoms with Gasteiger partial charge in [-0.25, -0.2) is 0 Å². The third-order valence-corrected chi connectivity index (χ3v) is 12.4. The van der Waals surface area contributed by atoms with Gasteiger partial charge in [0.05, 0.1) is 26.7 Å². The van der Waals surface area contributed by atoms with E-state index >= 15 is 0 Å². The number of ether oxygens (including phenoxy) is 3. The highest BCUT2D eigenvalue weighted by atomic mass is 28.4. The number of nitrogens with zero attached hydrogens (tertiary/aromatic N) is 3. The predicted molar refractivity (Wildman–Crippen MR) is 161 cm³/mol. The summed E-state index contributed by atoms with van der Waals surface area (Å²) in [5.41, 5.74) is 10.4. The highest BCUT2D eigenvalue weighted by Crippen LogP contribution is 2.37. The molecular formula is C32H39N3O5Si. The van der Waals surface area contributed by atoms with Crippen LogP contribution in [0, 0.1) is 0 Å². The maximum Gasteiger partial charge on any atom is 0.303 e. The van der Waals surface area contributed by atoms with Crippen molar-refractivity contribution in [2.75, 3.05) is 13.2 Å². The smallest absolute Gasteiger partial charge is 0.303 e. The average Bonchev–Trinajstić information content (AvgIpc) is 3.28. The first-order valence-corrected chi connectivity index (χ1v) is 15.8. The van der Waals surface area contributed by atoms with Gasteiger partial charge >= 0.3 is 5.97 Å². The molecule has 41 heavy (non-hydrogen) atoms. The Kier molecular flexibility index (Phi) is 9.87.